The van der Waals surface area contributed by atoms with Gasteiger partial charge in [0.05, 0.1) is 4.90 Å². The summed E-state index contributed by atoms with van der Waals surface area (Å²) in [5, 5.41) is 8.04. The maximum absolute atomic E-state index is 12.8. The van der Waals surface area contributed by atoms with Crippen molar-refractivity contribution in [2.45, 2.75) is 95.8 Å². The zero-order chi connectivity index (χ0) is 22.2. The molecule has 3 N–H and O–H groups in total. The fourth-order valence-electron chi connectivity index (χ4n) is 3.43. The Bertz CT molecular complexity index is 691. The van der Waals surface area contributed by atoms with Crippen molar-refractivity contribution in [3.8, 4) is 0 Å². The van der Waals surface area contributed by atoms with Gasteiger partial charge in [0.15, 0.2) is 0 Å². The summed E-state index contributed by atoms with van der Waals surface area (Å²) in [4.78, 5) is 14.7. The summed E-state index contributed by atoms with van der Waals surface area (Å²) in [5.41, 5.74) is 0.447. The van der Waals surface area contributed by atoms with Crippen LogP contribution in [0.4, 0.5) is 10.5 Å². The molecule has 0 radical (unpaired) electrons. The maximum atomic E-state index is 12.8. The first-order valence-corrected chi connectivity index (χ1v) is 13.1. The Balaban J connectivity index is 2.61. The van der Waals surface area contributed by atoms with Crippen LogP contribution in [0.1, 0.15) is 90.9 Å². The highest BCUT2D eigenvalue weighted by atomic mass is 32.2. The zero-order valence-electron chi connectivity index (χ0n) is 18.9. The quantitative estimate of drug-likeness (QED) is 0.315. The van der Waals surface area contributed by atoms with E-state index in [4.69, 9.17) is 5.14 Å². The number of primary sulfonamides is 1. The van der Waals surface area contributed by atoms with Gasteiger partial charge in [-0.3, -0.25) is 0 Å². The van der Waals surface area contributed by atoms with Crippen molar-refractivity contribution in [2.24, 2.45) is 5.14 Å². The summed E-state index contributed by atoms with van der Waals surface area (Å²) >= 11 is 0. The van der Waals surface area contributed by atoms with Gasteiger partial charge in [-0.1, -0.05) is 84.1 Å². The van der Waals surface area contributed by atoms with E-state index >= 15 is 0 Å². The van der Waals surface area contributed by atoms with Crippen LogP contribution in [0.2, 0.25) is 0 Å². The lowest BCUT2D eigenvalue weighted by atomic mass is 10.1. The van der Waals surface area contributed by atoms with Crippen molar-refractivity contribution in [3.05, 3.63) is 24.3 Å². The van der Waals surface area contributed by atoms with Crippen molar-refractivity contribution < 1.29 is 13.2 Å². The molecule has 7 heteroatoms. The van der Waals surface area contributed by atoms with Crippen LogP contribution in [0.25, 0.3) is 0 Å². The number of unbranched alkanes of at least 4 members (excludes halogenated alkanes) is 10. The third-order valence-electron chi connectivity index (χ3n) is 5.26. The minimum Gasteiger partial charge on any atom is -0.325 e. The SMILES string of the molecule is CCCCCCCCN(CCCCCCCC)C(=O)Nc1cccc(S(N)(=O)=O)c1. The van der Waals surface area contributed by atoms with E-state index in [9.17, 15) is 13.2 Å². The van der Waals surface area contributed by atoms with Crippen LogP contribution in [0.15, 0.2) is 29.2 Å². The fourth-order valence-corrected chi connectivity index (χ4v) is 3.99. The van der Waals surface area contributed by atoms with E-state index < -0.39 is 10.0 Å². The molecule has 0 aliphatic carbocycles. The third-order valence-corrected chi connectivity index (χ3v) is 6.18. The summed E-state index contributed by atoms with van der Waals surface area (Å²) < 4.78 is 23.1. The lowest BCUT2D eigenvalue weighted by Gasteiger charge is -2.23. The van der Waals surface area contributed by atoms with Crippen molar-refractivity contribution in [1.29, 1.82) is 0 Å². The highest BCUT2D eigenvalue weighted by Gasteiger charge is 2.15. The van der Waals surface area contributed by atoms with Crippen LogP contribution >= 0.6 is 0 Å². The standard InChI is InChI=1S/C23H41N3O3S/c1-3-5-7-9-11-13-18-26(19-14-12-10-8-6-4-2)23(27)25-21-16-15-17-22(20-21)30(24,28)29/h15-17,20H,3-14,18-19H2,1-2H3,(H,25,27)(H2,24,28,29). The average molecular weight is 440 g/mol. The Morgan fingerprint density at radius 3 is 1.87 bits per heavy atom. The maximum Gasteiger partial charge on any atom is 0.321 e. The number of hydrogen-bond donors (Lipinski definition) is 2. The van der Waals surface area contributed by atoms with Crippen molar-refractivity contribution in [1.82, 2.24) is 4.90 Å². The van der Waals surface area contributed by atoms with Gasteiger partial charge in [0.1, 0.15) is 0 Å². The Kier molecular flexibility index (Phi) is 13.4. The van der Waals surface area contributed by atoms with Crippen molar-refractivity contribution >= 4 is 21.7 Å². The monoisotopic (exact) mass is 439 g/mol. The van der Waals surface area contributed by atoms with Crippen LogP contribution < -0.4 is 10.5 Å². The summed E-state index contributed by atoms with van der Waals surface area (Å²) in [6, 6.07) is 5.92. The molecule has 0 saturated carbocycles. The molecule has 30 heavy (non-hydrogen) atoms. The number of anilines is 1. The van der Waals surface area contributed by atoms with E-state index in [1.807, 2.05) is 4.90 Å². The molecular weight excluding hydrogens is 398 g/mol. The Labute approximate surface area is 183 Å². The topological polar surface area (TPSA) is 92.5 Å². The number of amides is 2. The van der Waals surface area contributed by atoms with E-state index in [1.54, 1.807) is 12.1 Å². The van der Waals surface area contributed by atoms with Gasteiger partial charge in [0.2, 0.25) is 10.0 Å². The number of carbonyl (C=O) groups is 1. The summed E-state index contributed by atoms with van der Waals surface area (Å²) in [6.45, 7) is 5.86. The summed E-state index contributed by atoms with van der Waals surface area (Å²) in [6.07, 6.45) is 14.1. The largest absolute Gasteiger partial charge is 0.325 e. The van der Waals surface area contributed by atoms with E-state index in [2.05, 4.69) is 19.2 Å². The second kappa shape index (κ2) is 15.2. The van der Waals surface area contributed by atoms with Crippen molar-refractivity contribution in [2.75, 3.05) is 18.4 Å². The minimum atomic E-state index is -3.80. The van der Waals surface area contributed by atoms with Gasteiger partial charge in [-0.25, -0.2) is 18.4 Å². The molecule has 1 aromatic carbocycles. The van der Waals surface area contributed by atoms with Gasteiger partial charge in [-0.05, 0) is 31.0 Å². The van der Waals surface area contributed by atoms with Gasteiger partial charge in [-0.15, -0.1) is 0 Å². The molecule has 0 heterocycles. The van der Waals surface area contributed by atoms with Crippen LogP contribution in [0.5, 0.6) is 0 Å². The first-order chi connectivity index (χ1) is 14.4. The number of nitrogens with two attached hydrogens (primary N) is 1. The molecule has 0 unspecified atom stereocenters. The Morgan fingerprint density at radius 2 is 1.37 bits per heavy atom. The minimum absolute atomic E-state index is 0.00121. The van der Waals surface area contributed by atoms with Gasteiger partial charge in [-0.2, -0.15) is 0 Å². The number of nitrogens with zero attached hydrogens (tertiary/aromatic N) is 1. The molecule has 0 aliphatic rings. The smallest absolute Gasteiger partial charge is 0.321 e. The molecular formula is C23H41N3O3S. The molecule has 0 aliphatic heterocycles. The van der Waals surface area contributed by atoms with E-state index in [1.165, 1.54) is 63.5 Å². The normalized spacial score (nSPS) is 11.4. The molecule has 1 rings (SSSR count). The van der Waals surface area contributed by atoms with Gasteiger partial charge >= 0.3 is 6.03 Å². The molecule has 2 amide bonds. The first kappa shape index (κ1) is 26.4. The predicted octanol–water partition coefficient (Wildman–Crippen LogP) is 5.89. The highest BCUT2D eigenvalue weighted by molar-refractivity contribution is 7.89. The Hall–Kier alpha value is -1.60. The molecule has 0 atom stereocenters. The Morgan fingerprint density at radius 1 is 0.867 bits per heavy atom. The van der Waals surface area contributed by atoms with Gasteiger partial charge in [0, 0.05) is 18.8 Å². The molecule has 6 nitrogen and oxygen atoms in total. The van der Waals surface area contributed by atoms with Crippen LogP contribution in [-0.4, -0.2) is 32.4 Å². The highest BCUT2D eigenvalue weighted by Crippen LogP contribution is 2.16. The number of hydrogen-bond acceptors (Lipinski definition) is 3. The molecule has 0 saturated heterocycles. The molecule has 0 aromatic heterocycles. The average Bonchev–Trinajstić information content (AvgIpc) is 2.71. The summed E-state index contributed by atoms with van der Waals surface area (Å²) in [5.74, 6) is 0. The zero-order valence-corrected chi connectivity index (χ0v) is 19.7. The molecule has 1 aromatic rings. The first-order valence-electron chi connectivity index (χ1n) is 11.6. The molecule has 0 bridgehead atoms. The van der Waals surface area contributed by atoms with Crippen molar-refractivity contribution in [3.63, 3.8) is 0 Å². The predicted molar refractivity (Wildman–Crippen MR) is 125 cm³/mol. The number of sulfonamides is 1. The van der Waals surface area contributed by atoms with Gasteiger partial charge in [0.25, 0.3) is 0 Å². The fraction of sp³-hybridized carbons (Fsp3) is 0.696. The van der Waals surface area contributed by atoms with Crippen LogP contribution in [0.3, 0.4) is 0 Å². The second-order valence-electron chi connectivity index (χ2n) is 8.03. The number of urea groups is 1. The van der Waals surface area contributed by atoms with E-state index in [0.29, 0.717) is 5.69 Å². The molecule has 172 valence electrons. The number of nitrogens with one attached hydrogen (secondary N) is 1. The van der Waals surface area contributed by atoms with Crippen LogP contribution in [-0.2, 0) is 10.0 Å². The third kappa shape index (κ3) is 11.6. The number of benzene rings is 1. The van der Waals surface area contributed by atoms with E-state index in [-0.39, 0.29) is 10.9 Å². The molecule has 0 spiro atoms. The van der Waals surface area contributed by atoms with E-state index in [0.717, 1.165) is 38.8 Å². The molecule has 0 fully saturated rings. The number of rotatable bonds is 16. The summed E-state index contributed by atoms with van der Waals surface area (Å²) in [7, 11) is -3.80. The number of carbonyl (C=O) groups excluding carboxylic acids is 1. The van der Waals surface area contributed by atoms with Crippen LogP contribution in [0, 0.1) is 0 Å². The lowest BCUT2D eigenvalue weighted by Crippen LogP contribution is -2.36. The lowest BCUT2D eigenvalue weighted by molar-refractivity contribution is 0.209. The second-order valence-corrected chi connectivity index (χ2v) is 9.59. The van der Waals surface area contributed by atoms with Gasteiger partial charge < -0.3 is 10.2 Å².